The quantitative estimate of drug-likeness (QED) is 0.154. The minimum Gasteiger partial charge on any atom is -0.321 e. The third-order valence-electron chi connectivity index (χ3n) is 5.22. The van der Waals surface area contributed by atoms with Crippen molar-refractivity contribution in [3.05, 3.63) is 124 Å². The topological polar surface area (TPSA) is 75.3 Å². The van der Waals surface area contributed by atoms with Crippen molar-refractivity contribution in [2.75, 3.05) is 11.1 Å². The van der Waals surface area contributed by atoms with Crippen molar-refractivity contribution in [2.24, 2.45) is 0 Å². The zero-order chi connectivity index (χ0) is 25.3. The summed E-state index contributed by atoms with van der Waals surface area (Å²) in [5, 5.41) is 9.39. The number of amides is 2. The molecule has 0 unspecified atom stereocenters. The first-order chi connectivity index (χ1) is 17.5. The Kier molecular flexibility index (Phi) is 8.49. The van der Waals surface area contributed by atoms with Crippen LogP contribution in [0.25, 0.3) is 6.08 Å². The summed E-state index contributed by atoms with van der Waals surface area (Å²) in [5.74, 6) is -0.481. The van der Waals surface area contributed by atoms with Crippen molar-refractivity contribution in [1.29, 1.82) is 0 Å². The molecule has 5 nitrogen and oxygen atoms in total. The molecule has 36 heavy (non-hydrogen) atoms. The second-order valence-corrected chi connectivity index (χ2v) is 9.82. The molecule has 1 heterocycles. The van der Waals surface area contributed by atoms with Crippen LogP contribution in [0.5, 0.6) is 0 Å². The number of benzene rings is 3. The molecule has 2 amide bonds. The van der Waals surface area contributed by atoms with E-state index in [4.69, 9.17) is 0 Å². The molecule has 0 bridgehead atoms. The number of ketones is 1. The summed E-state index contributed by atoms with van der Waals surface area (Å²) < 4.78 is 0. The second-order valence-electron chi connectivity index (χ2n) is 7.99. The summed E-state index contributed by atoms with van der Waals surface area (Å²) >= 11 is 2.91. The molecule has 0 aliphatic carbocycles. The van der Waals surface area contributed by atoms with E-state index in [0.29, 0.717) is 16.8 Å². The standard InChI is InChI=1S/C29H24N2O3S2/c1-20-10-12-22(13-11-20)27(32)19-36-25-9-5-8-24(17-25)30-29(34)26(16-21-14-15-35-18-21)31-28(33)23-6-3-2-4-7-23/h2-18H,19H2,1H3,(H,30,34)(H,31,33)/b26-16-. The summed E-state index contributed by atoms with van der Waals surface area (Å²) in [6, 6.07) is 25.4. The van der Waals surface area contributed by atoms with Gasteiger partial charge >= 0.3 is 0 Å². The zero-order valence-electron chi connectivity index (χ0n) is 19.6. The van der Waals surface area contributed by atoms with Crippen LogP contribution < -0.4 is 10.6 Å². The molecule has 0 saturated heterocycles. The Morgan fingerprint density at radius 3 is 2.39 bits per heavy atom. The first-order valence-electron chi connectivity index (χ1n) is 11.2. The SMILES string of the molecule is Cc1ccc(C(=O)CSc2cccc(NC(=O)/C(=C/c3ccsc3)NC(=O)c3ccccc3)c2)cc1. The number of thiophene rings is 1. The van der Waals surface area contributed by atoms with E-state index in [1.165, 1.54) is 23.1 Å². The van der Waals surface area contributed by atoms with Gasteiger partial charge in [0.05, 0.1) is 5.75 Å². The van der Waals surface area contributed by atoms with Gasteiger partial charge in [0.1, 0.15) is 5.70 Å². The molecule has 0 atom stereocenters. The number of hydrogen-bond acceptors (Lipinski definition) is 5. The lowest BCUT2D eigenvalue weighted by Gasteiger charge is -2.12. The molecule has 1 aromatic heterocycles. The highest BCUT2D eigenvalue weighted by Crippen LogP contribution is 2.23. The van der Waals surface area contributed by atoms with E-state index in [2.05, 4.69) is 10.6 Å². The fourth-order valence-electron chi connectivity index (χ4n) is 3.30. The molecule has 0 aliphatic rings. The van der Waals surface area contributed by atoms with Gasteiger partial charge in [0, 0.05) is 21.7 Å². The number of Topliss-reactive ketones (excluding diaryl/α,β-unsaturated/α-hetero) is 1. The van der Waals surface area contributed by atoms with Crippen LogP contribution in [-0.4, -0.2) is 23.4 Å². The minimum absolute atomic E-state index is 0.0408. The molecule has 0 fully saturated rings. The average Bonchev–Trinajstić information content (AvgIpc) is 3.41. The molecule has 2 N–H and O–H groups in total. The molecular formula is C29H24N2O3S2. The number of carbonyl (C=O) groups excluding carboxylic acids is 3. The number of nitrogens with one attached hydrogen (secondary N) is 2. The zero-order valence-corrected chi connectivity index (χ0v) is 21.2. The van der Waals surface area contributed by atoms with Crippen LogP contribution >= 0.6 is 23.1 Å². The third kappa shape index (κ3) is 7.04. The fraction of sp³-hybridized carbons (Fsp3) is 0.0690. The molecule has 0 saturated carbocycles. The number of anilines is 1. The average molecular weight is 513 g/mol. The van der Waals surface area contributed by atoms with Crippen molar-refractivity contribution in [1.82, 2.24) is 5.32 Å². The van der Waals surface area contributed by atoms with Crippen LogP contribution in [0.15, 0.2) is 106 Å². The van der Waals surface area contributed by atoms with Gasteiger partial charge in [-0.1, -0.05) is 54.1 Å². The van der Waals surface area contributed by atoms with E-state index in [-0.39, 0.29) is 23.1 Å². The first kappa shape index (κ1) is 25.2. The lowest BCUT2D eigenvalue weighted by Crippen LogP contribution is -2.30. The summed E-state index contributed by atoms with van der Waals surface area (Å²) in [5.41, 5.74) is 3.76. The Hall–Kier alpha value is -3.94. The van der Waals surface area contributed by atoms with Crippen LogP contribution in [0.3, 0.4) is 0 Å². The smallest absolute Gasteiger partial charge is 0.272 e. The predicted octanol–water partition coefficient (Wildman–Crippen LogP) is 6.44. The van der Waals surface area contributed by atoms with E-state index in [1.54, 1.807) is 36.4 Å². The first-order valence-corrected chi connectivity index (χ1v) is 13.1. The molecule has 180 valence electrons. The summed E-state index contributed by atoms with van der Waals surface area (Å²) in [4.78, 5) is 39.2. The molecule has 4 rings (SSSR count). The van der Waals surface area contributed by atoms with Gasteiger partial charge in [-0.25, -0.2) is 0 Å². The van der Waals surface area contributed by atoms with Gasteiger partial charge in [0.25, 0.3) is 11.8 Å². The lowest BCUT2D eigenvalue weighted by atomic mass is 10.1. The molecule has 3 aromatic carbocycles. The van der Waals surface area contributed by atoms with E-state index in [0.717, 1.165) is 16.0 Å². The largest absolute Gasteiger partial charge is 0.321 e. The lowest BCUT2D eigenvalue weighted by molar-refractivity contribution is -0.113. The number of carbonyl (C=O) groups is 3. The number of rotatable bonds is 9. The van der Waals surface area contributed by atoms with Gasteiger partial charge in [-0.05, 0) is 65.7 Å². The highest BCUT2D eigenvalue weighted by molar-refractivity contribution is 8.00. The van der Waals surface area contributed by atoms with E-state index in [1.807, 2.05) is 72.3 Å². The molecule has 7 heteroatoms. The second kappa shape index (κ2) is 12.2. The Balaban J connectivity index is 1.44. The Labute approximate surface area is 218 Å². The van der Waals surface area contributed by atoms with E-state index in [9.17, 15) is 14.4 Å². The maximum Gasteiger partial charge on any atom is 0.272 e. The van der Waals surface area contributed by atoms with E-state index < -0.39 is 5.91 Å². The molecule has 0 aliphatic heterocycles. The van der Waals surface area contributed by atoms with Gasteiger partial charge in [-0.15, -0.1) is 11.8 Å². The van der Waals surface area contributed by atoms with Crippen LogP contribution in [0.2, 0.25) is 0 Å². The minimum atomic E-state index is -0.441. The predicted molar refractivity (Wildman–Crippen MR) is 148 cm³/mol. The molecule has 0 radical (unpaired) electrons. The van der Waals surface area contributed by atoms with Crippen molar-refractivity contribution >= 4 is 52.5 Å². The van der Waals surface area contributed by atoms with Gasteiger partial charge in [-0.3, -0.25) is 14.4 Å². The number of aryl methyl sites for hydroxylation is 1. The maximum atomic E-state index is 13.1. The summed E-state index contributed by atoms with van der Waals surface area (Å²) in [6.45, 7) is 1.98. The molecule has 0 spiro atoms. The molecule has 4 aromatic rings. The Morgan fingerprint density at radius 1 is 0.889 bits per heavy atom. The van der Waals surface area contributed by atoms with Crippen molar-refractivity contribution in [2.45, 2.75) is 11.8 Å². The summed E-state index contributed by atoms with van der Waals surface area (Å²) in [7, 11) is 0. The maximum absolute atomic E-state index is 13.1. The normalized spacial score (nSPS) is 11.1. The number of thioether (sulfide) groups is 1. The van der Waals surface area contributed by atoms with Crippen molar-refractivity contribution in [3.8, 4) is 0 Å². The van der Waals surface area contributed by atoms with Gasteiger partial charge < -0.3 is 10.6 Å². The van der Waals surface area contributed by atoms with Crippen molar-refractivity contribution in [3.63, 3.8) is 0 Å². The van der Waals surface area contributed by atoms with Gasteiger partial charge in [0.2, 0.25) is 0 Å². The summed E-state index contributed by atoms with van der Waals surface area (Å²) in [6.07, 6.45) is 1.64. The Bertz CT molecular complexity index is 1380. The number of hydrogen-bond donors (Lipinski definition) is 2. The Morgan fingerprint density at radius 2 is 1.67 bits per heavy atom. The van der Waals surface area contributed by atoms with E-state index >= 15 is 0 Å². The van der Waals surface area contributed by atoms with Crippen molar-refractivity contribution < 1.29 is 14.4 Å². The van der Waals surface area contributed by atoms with Crippen LogP contribution in [-0.2, 0) is 4.79 Å². The fourth-order valence-corrected chi connectivity index (χ4v) is 4.77. The van der Waals surface area contributed by atoms with Gasteiger partial charge in [-0.2, -0.15) is 11.3 Å². The van der Waals surface area contributed by atoms with Crippen LogP contribution in [0.4, 0.5) is 5.69 Å². The highest BCUT2D eigenvalue weighted by atomic mass is 32.2. The highest BCUT2D eigenvalue weighted by Gasteiger charge is 2.15. The van der Waals surface area contributed by atoms with Gasteiger partial charge in [0.15, 0.2) is 5.78 Å². The molecular weight excluding hydrogens is 488 g/mol. The monoisotopic (exact) mass is 512 g/mol. The van der Waals surface area contributed by atoms with Crippen LogP contribution in [0.1, 0.15) is 31.8 Å². The van der Waals surface area contributed by atoms with Crippen LogP contribution in [0, 0.1) is 6.92 Å². The third-order valence-corrected chi connectivity index (χ3v) is 6.91.